The SMILES string of the molecule is O=[N+]([O-])c1cccc(O[PH](=O)Oc2cccc([N+](=O)[O-])c2)c1. The van der Waals surface area contributed by atoms with Crippen LogP contribution < -0.4 is 9.05 Å². The van der Waals surface area contributed by atoms with E-state index in [4.69, 9.17) is 9.05 Å². The summed E-state index contributed by atoms with van der Waals surface area (Å²) in [6, 6.07) is 10.2. The average molecular weight is 324 g/mol. The molecule has 0 saturated heterocycles. The summed E-state index contributed by atoms with van der Waals surface area (Å²) in [7, 11) is -3.07. The predicted molar refractivity (Wildman–Crippen MR) is 76.5 cm³/mol. The van der Waals surface area contributed by atoms with Crippen LogP contribution in [0.2, 0.25) is 0 Å². The molecule has 2 aromatic rings. The Balaban J connectivity index is 2.07. The van der Waals surface area contributed by atoms with E-state index < -0.39 is 18.1 Å². The molecule has 0 fully saturated rings. The fourth-order valence-electron chi connectivity index (χ4n) is 1.53. The molecule has 0 N–H and O–H groups in total. The van der Waals surface area contributed by atoms with Crippen molar-refractivity contribution in [2.24, 2.45) is 0 Å². The lowest BCUT2D eigenvalue weighted by atomic mass is 10.3. The maximum atomic E-state index is 11.7. The Morgan fingerprint density at radius 3 is 1.59 bits per heavy atom. The third kappa shape index (κ3) is 4.03. The molecular formula is C12H9N2O7P. The van der Waals surface area contributed by atoms with E-state index in [0.29, 0.717) is 0 Å². The van der Waals surface area contributed by atoms with Gasteiger partial charge in [-0.3, -0.25) is 20.2 Å². The molecule has 0 atom stereocenters. The number of nitro benzene ring substituents is 2. The number of hydrogen-bond acceptors (Lipinski definition) is 7. The van der Waals surface area contributed by atoms with E-state index in [1.165, 1.54) is 36.4 Å². The number of benzene rings is 2. The zero-order valence-corrected chi connectivity index (χ0v) is 11.9. The zero-order chi connectivity index (χ0) is 16.1. The van der Waals surface area contributed by atoms with Crippen LogP contribution in [0.5, 0.6) is 11.5 Å². The van der Waals surface area contributed by atoms with Crippen LogP contribution in [-0.2, 0) is 4.57 Å². The van der Waals surface area contributed by atoms with Crippen LogP contribution in [0, 0.1) is 20.2 Å². The van der Waals surface area contributed by atoms with E-state index in [1.54, 1.807) is 0 Å². The molecule has 22 heavy (non-hydrogen) atoms. The van der Waals surface area contributed by atoms with E-state index in [2.05, 4.69) is 0 Å². The Morgan fingerprint density at radius 1 is 0.818 bits per heavy atom. The lowest BCUT2D eigenvalue weighted by Crippen LogP contribution is -1.92. The maximum Gasteiger partial charge on any atom is 0.418 e. The molecule has 0 radical (unpaired) electrons. The summed E-state index contributed by atoms with van der Waals surface area (Å²) in [5.41, 5.74) is -0.440. The van der Waals surface area contributed by atoms with Crippen LogP contribution in [0.25, 0.3) is 0 Å². The summed E-state index contributed by atoms with van der Waals surface area (Å²) in [4.78, 5) is 20.0. The molecule has 0 aliphatic carbocycles. The molecule has 0 heterocycles. The topological polar surface area (TPSA) is 122 Å². The Bertz CT molecular complexity index is 688. The number of rotatable bonds is 6. The lowest BCUT2D eigenvalue weighted by Gasteiger charge is -2.07. The van der Waals surface area contributed by atoms with Crippen molar-refractivity contribution in [1.82, 2.24) is 0 Å². The van der Waals surface area contributed by atoms with Crippen molar-refractivity contribution in [1.29, 1.82) is 0 Å². The van der Waals surface area contributed by atoms with Crippen molar-refractivity contribution < 1.29 is 23.5 Å². The Morgan fingerprint density at radius 2 is 1.23 bits per heavy atom. The molecule has 0 saturated carbocycles. The van der Waals surface area contributed by atoms with Gasteiger partial charge < -0.3 is 9.05 Å². The van der Waals surface area contributed by atoms with Crippen molar-refractivity contribution in [3.05, 3.63) is 68.8 Å². The van der Waals surface area contributed by atoms with Crippen LogP contribution in [0.15, 0.2) is 48.5 Å². The zero-order valence-electron chi connectivity index (χ0n) is 10.9. The van der Waals surface area contributed by atoms with Gasteiger partial charge in [0.25, 0.3) is 11.4 Å². The molecule has 0 spiro atoms. The van der Waals surface area contributed by atoms with Gasteiger partial charge in [0.2, 0.25) is 0 Å². The van der Waals surface area contributed by atoms with Crippen molar-refractivity contribution >= 4 is 19.6 Å². The van der Waals surface area contributed by atoms with Gasteiger partial charge in [0.1, 0.15) is 11.5 Å². The molecular weight excluding hydrogens is 315 g/mol. The Labute approximate surface area is 124 Å². The highest BCUT2D eigenvalue weighted by molar-refractivity contribution is 7.34. The maximum absolute atomic E-state index is 11.7. The summed E-state index contributed by atoms with van der Waals surface area (Å²) in [5.74, 6) is 0.00652. The first-order chi connectivity index (χ1) is 10.5. The van der Waals surface area contributed by atoms with Crippen molar-refractivity contribution in [3.63, 3.8) is 0 Å². The molecule has 10 heteroatoms. The normalized spacial score (nSPS) is 10.2. The Hall–Kier alpha value is -2.93. The quantitative estimate of drug-likeness (QED) is 0.453. The summed E-state index contributed by atoms with van der Waals surface area (Å²) in [6.07, 6.45) is 0. The van der Waals surface area contributed by atoms with Crippen molar-refractivity contribution in [3.8, 4) is 11.5 Å². The second kappa shape index (κ2) is 6.68. The van der Waals surface area contributed by atoms with Crippen LogP contribution in [0.3, 0.4) is 0 Å². The van der Waals surface area contributed by atoms with E-state index >= 15 is 0 Å². The molecule has 2 aromatic carbocycles. The summed E-state index contributed by atoms with van der Waals surface area (Å²) in [6.45, 7) is 0. The van der Waals surface area contributed by atoms with Gasteiger partial charge in [-0.2, -0.15) is 0 Å². The molecule has 0 unspecified atom stereocenters. The summed E-state index contributed by atoms with van der Waals surface area (Å²) in [5, 5.41) is 21.2. The fourth-order valence-corrected chi connectivity index (χ4v) is 2.21. The first-order valence-electron chi connectivity index (χ1n) is 5.84. The first kappa shape index (κ1) is 15.5. The average Bonchev–Trinajstić information content (AvgIpc) is 2.47. The largest absolute Gasteiger partial charge is 0.418 e. The third-order valence-electron chi connectivity index (χ3n) is 2.46. The number of nitrogens with zero attached hydrogens (tertiary/aromatic N) is 2. The van der Waals surface area contributed by atoms with E-state index in [-0.39, 0.29) is 22.9 Å². The standard InChI is InChI=1S/C12H9N2O7P/c15-13(16)9-3-1-5-11(7-9)20-22(19)21-12-6-2-4-10(8-12)14(17)18/h1-8,22H. The fraction of sp³-hybridized carbons (Fsp3) is 0. The van der Waals surface area contributed by atoms with E-state index in [0.717, 1.165) is 12.1 Å². The Kier molecular flexibility index (Phi) is 4.70. The monoisotopic (exact) mass is 324 g/mol. The van der Waals surface area contributed by atoms with Gasteiger partial charge in [-0.15, -0.1) is 0 Å². The second-order valence-electron chi connectivity index (χ2n) is 3.96. The molecule has 9 nitrogen and oxygen atoms in total. The van der Waals surface area contributed by atoms with Gasteiger partial charge in [-0.25, -0.2) is 4.57 Å². The number of hydrogen-bond donors (Lipinski definition) is 0. The van der Waals surface area contributed by atoms with Crippen LogP contribution in [0.4, 0.5) is 11.4 Å². The smallest absolute Gasteiger partial charge is 0.418 e. The molecule has 2 rings (SSSR count). The van der Waals surface area contributed by atoms with Crippen LogP contribution in [0.1, 0.15) is 0 Å². The van der Waals surface area contributed by atoms with Gasteiger partial charge in [0.05, 0.1) is 22.0 Å². The summed E-state index contributed by atoms with van der Waals surface area (Å²) < 4.78 is 21.7. The summed E-state index contributed by atoms with van der Waals surface area (Å²) >= 11 is 0. The highest BCUT2D eigenvalue weighted by Crippen LogP contribution is 2.33. The van der Waals surface area contributed by atoms with Crippen LogP contribution in [-0.4, -0.2) is 9.85 Å². The molecule has 0 aromatic heterocycles. The molecule has 0 amide bonds. The molecule has 114 valence electrons. The third-order valence-corrected chi connectivity index (χ3v) is 3.26. The molecule has 0 aliphatic rings. The lowest BCUT2D eigenvalue weighted by molar-refractivity contribution is -0.385. The van der Waals surface area contributed by atoms with Crippen LogP contribution >= 0.6 is 8.25 Å². The van der Waals surface area contributed by atoms with Gasteiger partial charge in [-0.1, -0.05) is 12.1 Å². The minimum Gasteiger partial charge on any atom is -0.418 e. The van der Waals surface area contributed by atoms with Gasteiger partial charge in [0.15, 0.2) is 0 Å². The van der Waals surface area contributed by atoms with Gasteiger partial charge >= 0.3 is 8.25 Å². The molecule has 0 aliphatic heterocycles. The van der Waals surface area contributed by atoms with Gasteiger partial charge in [0, 0.05) is 12.1 Å². The van der Waals surface area contributed by atoms with E-state index in [9.17, 15) is 24.8 Å². The van der Waals surface area contributed by atoms with Gasteiger partial charge in [-0.05, 0) is 12.1 Å². The molecule has 0 bridgehead atoms. The second-order valence-corrected chi connectivity index (χ2v) is 4.87. The van der Waals surface area contributed by atoms with Crippen molar-refractivity contribution in [2.45, 2.75) is 0 Å². The minimum absolute atomic E-state index is 0.00326. The number of nitro groups is 2. The highest BCUT2D eigenvalue weighted by Gasteiger charge is 2.11. The van der Waals surface area contributed by atoms with Crippen molar-refractivity contribution in [2.75, 3.05) is 0 Å². The number of non-ortho nitro benzene ring substituents is 2. The highest BCUT2D eigenvalue weighted by atomic mass is 31.1. The van der Waals surface area contributed by atoms with E-state index in [1.807, 2.05) is 0 Å². The minimum atomic E-state index is -3.07. The first-order valence-corrected chi connectivity index (χ1v) is 7.07. The predicted octanol–water partition coefficient (Wildman–Crippen LogP) is 3.35.